The first-order valence-electron chi connectivity index (χ1n) is 11.6. The van der Waals surface area contributed by atoms with E-state index in [-0.39, 0.29) is 29.6 Å². The molecule has 0 unspecified atom stereocenters. The topological polar surface area (TPSA) is 74.0 Å². The number of carbonyl (C=O) groups is 1. The molecular weight excluding hydrogens is 527 g/mol. The minimum absolute atomic E-state index is 0.0227. The van der Waals surface area contributed by atoms with Gasteiger partial charge < -0.3 is 10.0 Å². The molecule has 12 heteroatoms. The third kappa shape index (κ3) is 5.69. The molecule has 0 atom stereocenters. The molecule has 1 fully saturated rings. The van der Waals surface area contributed by atoms with Gasteiger partial charge in [-0.05, 0) is 53.2 Å². The van der Waals surface area contributed by atoms with Crippen molar-refractivity contribution in [3.05, 3.63) is 69.2 Å². The number of carbonyl (C=O) groups excluding carboxylic acids is 1. The summed E-state index contributed by atoms with van der Waals surface area (Å²) in [6.07, 6.45) is -1.16. The van der Waals surface area contributed by atoms with Crippen LogP contribution in [-0.4, -0.2) is 75.1 Å². The number of piperazine rings is 1. The number of rotatable bonds is 5. The van der Waals surface area contributed by atoms with Crippen LogP contribution in [0.15, 0.2) is 52.5 Å². The van der Waals surface area contributed by atoms with Crippen LogP contribution in [-0.2, 0) is 17.5 Å². The van der Waals surface area contributed by atoms with Crippen molar-refractivity contribution >= 4 is 51.4 Å². The second-order valence-electron chi connectivity index (χ2n) is 8.78. The van der Waals surface area contributed by atoms with Crippen molar-refractivity contribution < 1.29 is 23.1 Å². The van der Waals surface area contributed by atoms with Crippen LogP contribution >= 0.6 is 23.4 Å². The Kier molecular flexibility index (Phi) is 7.30. The highest BCUT2D eigenvalue weighted by Crippen LogP contribution is 2.35. The maximum absolute atomic E-state index is 13.5. The smallest absolute Gasteiger partial charge is 0.395 e. The molecule has 37 heavy (non-hydrogen) atoms. The first-order valence-corrected chi connectivity index (χ1v) is 12.8. The number of aliphatic hydroxyl groups excluding tert-OH is 1. The maximum Gasteiger partial charge on any atom is 0.416 e. The Balaban J connectivity index is 1.31. The average Bonchev–Trinajstić information content (AvgIpc) is 3.43. The summed E-state index contributed by atoms with van der Waals surface area (Å²) in [4.78, 5) is 21.5. The van der Waals surface area contributed by atoms with Crippen LogP contribution in [0.4, 0.5) is 13.2 Å². The highest BCUT2D eigenvalue weighted by molar-refractivity contribution is 8.18. The molecule has 7 nitrogen and oxygen atoms in total. The van der Waals surface area contributed by atoms with E-state index in [9.17, 15) is 18.0 Å². The largest absolute Gasteiger partial charge is 0.416 e. The van der Waals surface area contributed by atoms with Crippen LogP contribution in [0.2, 0.25) is 5.02 Å². The number of β-amino-alcohol motifs (C(OH)–C–C–N with tert-alkyl or cyclic N) is 1. The highest BCUT2D eigenvalue weighted by atomic mass is 35.5. The van der Waals surface area contributed by atoms with Crippen molar-refractivity contribution in [2.45, 2.75) is 12.7 Å². The first kappa shape index (κ1) is 25.8. The molecule has 1 aromatic heterocycles. The number of hydrogen-bond acceptors (Lipinski definition) is 6. The summed E-state index contributed by atoms with van der Waals surface area (Å²) in [5.74, 6) is -0.295. The second kappa shape index (κ2) is 10.5. The molecule has 0 radical (unpaired) electrons. The van der Waals surface area contributed by atoms with E-state index in [0.29, 0.717) is 22.1 Å². The number of amidine groups is 1. The molecule has 0 bridgehead atoms. The van der Waals surface area contributed by atoms with Gasteiger partial charge in [-0.25, -0.2) is 0 Å². The molecule has 0 aliphatic carbocycles. The van der Waals surface area contributed by atoms with Gasteiger partial charge in [-0.15, -0.1) is 0 Å². The molecule has 3 aromatic rings. The molecule has 5 rings (SSSR count). The standard InChI is InChI=1S/C25H23ClF3N5O2S/c26-19-3-2-17(20(13-19)25(27,28)29)15-34-21-4-1-16(11-18(21)14-30-34)12-22-23(36)31-24(37-22)33-7-5-32(6-8-33)9-10-35/h1-4,11-14,35H,5-10,15H2. The zero-order valence-corrected chi connectivity index (χ0v) is 21.2. The van der Waals surface area contributed by atoms with Crippen molar-refractivity contribution in [3.63, 3.8) is 0 Å². The van der Waals surface area contributed by atoms with Gasteiger partial charge in [0, 0.05) is 43.1 Å². The van der Waals surface area contributed by atoms with Gasteiger partial charge in [-0.1, -0.05) is 23.7 Å². The molecule has 0 spiro atoms. The van der Waals surface area contributed by atoms with Crippen molar-refractivity contribution in [2.24, 2.45) is 4.99 Å². The molecule has 2 aliphatic rings. The van der Waals surface area contributed by atoms with Gasteiger partial charge in [-0.3, -0.25) is 14.4 Å². The maximum atomic E-state index is 13.5. The number of aliphatic imine (C=N–C) groups is 1. The number of aliphatic hydroxyl groups is 1. The van der Waals surface area contributed by atoms with E-state index >= 15 is 0 Å². The molecule has 0 saturated carbocycles. The molecule has 2 aromatic carbocycles. The van der Waals surface area contributed by atoms with E-state index < -0.39 is 11.7 Å². The number of aromatic nitrogens is 2. The number of nitrogens with zero attached hydrogens (tertiary/aromatic N) is 5. The summed E-state index contributed by atoms with van der Waals surface area (Å²) < 4.78 is 42.0. The number of amides is 1. The Morgan fingerprint density at radius 1 is 1.11 bits per heavy atom. The first-order chi connectivity index (χ1) is 17.7. The number of alkyl halides is 3. The van der Waals surface area contributed by atoms with E-state index in [2.05, 4.69) is 19.9 Å². The highest BCUT2D eigenvalue weighted by Gasteiger charge is 2.34. The zero-order valence-electron chi connectivity index (χ0n) is 19.6. The summed E-state index contributed by atoms with van der Waals surface area (Å²) in [7, 11) is 0. The van der Waals surface area contributed by atoms with Gasteiger partial charge in [0.15, 0.2) is 5.17 Å². The van der Waals surface area contributed by atoms with Gasteiger partial charge in [0.2, 0.25) is 0 Å². The second-order valence-corrected chi connectivity index (χ2v) is 10.2. The molecular formula is C25H23ClF3N5O2S. The van der Waals surface area contributed by atoms with Crippen LogP contribution in [0.5, 0.6) is 0 Å². The van der Waals surface area contributed by atoms with Crippen molar-refractivity contribution in [1.82, 2.24) is 19.6 Å². The Bertz CT molecular complexity index is 1400. The van der Waals surface area contributed by atoms with Gasteiger partial charge in [0.25, 0.3) is 5.91 Å². The molecule has 194 valence electrons. The quantitative estimate of drug-likeness (QED) is 0.477. The summed E-state index contributed by atoms with van der Waals surface area (Å²) in [6, 6.07) is 9.16. The number of hydrogen-bond donors (Lipinski definition) is 1. The average molecular weight is 550 g/mol. The van der Waals surface area contributed by atoms with E-state index in [4.69, 9.17) is 16.7 Å². The SMILES string of the molecule is O=C1N=C(N2CCN(CCO)CC2)SC1=Cc1ccc2c(cnn2Cc2ccc(Cl)cc2C(F)(F)F)c1. The molecule has 1 amide bonds. The summed E-state index contributed by atoms with van der Waals surface area (Å²) in [5.41, 5.74) is 0.734. The summed E-state index contributed by atoms with van der Waals surface area (Å²) in [6.45, 7) is 3.78. The monoisotopic (exact) mass is 549 g/mol. The van der Waals surface area contributed by atoms with Gasteiger partial charge in [-0.2, -0.15) is 23.3 Å². The van der Waals surface area contributed by atoms with E-state index in [1.165, 1.54) is 28.6 Å². The molecule has 1 N–H and O–H groups in total. The molecule has 1 saturated heterocycles. The van der Waals surface area contributed by atoms with Crippen LogP contribution in [0.1, 0.15) is 16.7 Å². The number of benzene rings is 2. The number of fused-ring (bicyclic) bond motifs is 1. The fourth-order valence-corrected chi connectivity index (χ4v) is 5.56. The van der Waals surface area contributed by atoms with Crippen molar-refractivity contribution in [1.29, 1.82) is 0 Å². The van der Waals surface area contributed by atoms with Crippen LogP contribution in [0.25, 0.3) is 17.0 Å². The Hall–Kier alpha value is -2.86. The number of halogens is 4. The fourth-order valence-electron chi connectivity index (χ4n) is 4.42. The lowest BCUT2D eigenvalue weighted by atomic mass is 10.1. The third-order valence-corrected chi connectivity index (χ3v) is 7.61. The minimum atomic E-state index is -4.53. The Morgan fingerprint density at radius 3 is 2.62 bits per heavy atom. The predicted octanol–water partition coefficient (Wildman–Crippen LogP) is 4.34. The predicted molar refractivity (Wildman–Crippen MR) is 138 cm³/mol. The fraction of sp³-hybridized carbons (Fsp3) is 0.320. The van der Waals surface area contributed by atoms with Gasteiger partial charge in [0.05, 0.1) is 35.3 Å². The summed E-state index contributed by atoms with van der Waals surface area (Å²) in [5, 5.41) is 14.8. The molecule has 2 aliphatic heterocycles. The van der Waals surface area contributed by atoms with Gasteiger partial charge >= 0.3 is 6.18 Å². The van der Waals surface area contributed by atoms with Crippen molar-refractivity contribution in [3.8, 4) is 0 Å². The Labute approximate surface area is 220 Å². The third-order valence-electron chi connectivity index (χ3n) is 6.33. The van der Waals surface area contributed by atoms with Crippen LogP contribution < -0.4 is 0 Å². The van der Waals surface area contributed by atoms with Crippen LogP contribution in [0, 0.1) is 0 Å². The van der Waals surface area contributed by atoms with Crippen molar-refractivity contribution in [2.75, 3.05) is 39.3 Å². The lowest BCUT2D eigenvalue weighted by molar-refractivity contribution is -0.138. The minimum Gasteiger partial charge on any atom is -0.395 e. The molecule has 3 heterocycles. The van der Waals surface area contributed by atoms with E-state index in [1.54, 1.807) is 24.4 Å². The van der Waals surface area contributed by atoms with E-state index in [1.807, 2.05) is 6.07 Å². The lowest BCUT2D eigenvalue weighted by Crippen LogP contribution is -2.48. The number of thioether (sulfide) groups is 1. The van der Waals surface area contributed by atoms with Crippen LogP contribution in [0.3, 0.4) is 0 Å². The normalized spacial score (nSPS) is 18.3. The Morgan fingerprint density at radius 2 is 1.89 bits per heavy atom. The summed E-state index contributed by atoms with van der Waals surface area (Å²) >= 11 is 7.13. The lowest BCUT2D eigenvalue weighted by Gasteiger charge is -2.34. The zero-order chi connectivity index (χ0) is 26.2. The van der Waals surface area contributed by atoms with E-state index in [0.717, 1.165) is 43.2 Å². The van der Waals surface area contributed by atoms with Gasteiger partial charge in [0.1, 0.15) is 0 Å².